The maximum absolute atomic E-state index is 13.1. The molecule has 126 valence electrons. The lowest BCUT2D eigenvalue weighted by Crippen LogP contribution is -2.24. The second-order valence-electron chi connectivity index (χ2n) is 5.96. The Bertz CT molecular complexity index is 1100. The van der Waals surface area contributed by atoms with Gasteiger partial charge in [-0.3, -0.25) is 9.36 Å². The lowest BCUT2D eigenvalue weighted by Gasteiger charge is -2.16. The number of hydrogen-bond donors (Lipinski definition) is 0. The summed E-state index contributed by atoms with van der Waals surface area (Å²) in [7, 11) is 0. The van der Waals surface area contributed by atoms with Crippen LogP contribution in [0, 0.1) is 0 Å². The van der Waals surface area contributed by atoms with Crippen LogP contribution in [-0.4, -0.2) is 20.8 Å². The normalized spacial score (nSPS) is 12.7. The summed E-state index contributed by atoms with van der Waals surface area (Å²) in [6, 6.07) is 14.1. The predicted molar refractivity (Wildman–Crippen MR) is 106 cm³/mol. The summed E-state index contributed by atoms with van der Waals surface area (Å²) < 4.78 is 2.49. The van der Waals surface area contributed by atoms with Gasteiger partial charge >= 0.3 is 0 Å². The molecular weight excluding hydrogens is 350 g/mol. The molecule has 0 aliphatic heterocycles. The van der Waals surface area contributed by atoms with Crippen molar-refractivity contribution < 1.29 is 0 Å². The van der Waals surface area contributed by atoms with Gasteiger partial charge in [0.15, 0.2) is 5.16 Å². The van der Waals surface area contributed by atoms with Crippen molar-refractivity contribution in [2.24, 2.45) is 0 Å². The van der Waals surface area contributed by atoms with Crippen LogP contribution in [0.5, 0.6) is 0 Å². The molecule has 3 heterocycles. The van der Waals surface area contributed by atoms with Crippen molar-refractivity contribution in [3.63, 3.8) is 0 Å². The summed E-state index contributed by atoms with van der Waals surface area (Å²) in [4.78, 5) is 23.2. The predicted octanol–water partition coefficient (Wildman–Crippen LogP) is 4.53. The van der Waals surface area contributed by atoms with Crippen molar-refractivity contribution >= 4 is 43.5 Å². The van der Waals surface area contributed by atoms with E-state index in [1.54, 1.807) is 10.8 Å². The summed E-state index contributed by atoms with van der Waals surface area (Å²) in [5, 5.41) is 1.71. The Morgan fingerprint density at radius 1 is 1.20 bits per heavy atom. The molecule has 4 aromatic rings. The van der Waals surface area contributed by atoms with E-state index >= 15 is 0 Å². The average molecular weight is 367 g/mol. The van der Waals surface area contributed by atoms with E-state index in [0.29, 0.717) is 11.2 Å². The number of fused-ring (bicyclic) bond motifs is 3. The molecule has 0 spiro atoms. The molecule has 25 heavy (non-hydrogen) atoms. The average Bonchev–Trinajstić information content (AvgIpc) is 3.03. The molecule has 0 saturated carbocycles. The van der Waals surface area contributed by atoms with Gasteiger partial charge in [-0.05, 0) is 29.9 Å². The fourth-order valence-electron chi connectivity index (χ4n) is 3.02. The first-order valence-corrected chi connectivity index (χ1v) is 10.1. The largest absolute Gasteiger partial charge is 0.286 e. The SMILES string of the molecule is CSc1nc2c(sc3ncccc32)c(=O)n1C[C@@H](C)c1ccccc1. The minimum absolute atomic E-state index is 0.0279. The van der Waals surface area contributed by atoms with Crippen molar-refractivity contribution in [3.8, 4) is 0 Å². The Labute approximate surface area is 153 Å². The standard InChI is InChI=1S/C19H17N3OS2/c1-12(13-7-4-3-5-8-13)11-22-18(23)16-15(21-19(22)24-2)14-9-6-10-20-17(14)25-16/h3-10,12H,11H2,1-2H3/t12-/m1/s1. The number of thiophene rings is 1. The monoisotopic (exact) mass is 367 g/mol. The van der Waals surface area contributed by atoms with Crippen LogP contribution < -0.4 is 5.56 Å². The van der Waals surface area contributed by atoms with Crippen LogP contribution in [0.4, 0.5) is 0 Å². The summed E-state index contributed by atoms with van der Waals surface area (Å²) in [6.07, 6.45) is 3.72. The number of hydrogen-bond acceptors (Lipinski definition) is 5. The van der Waals surface area contributed by atoms with Gasteiger partial charge in [0.05, 0.1) is 5.52 Å². The van der Waals surface area contributed by atoms with E-state index in [9.17, 15) is 4.79 Å². The first-order valence-electron chi connectivity index (χ1n) is 8.06. The first kappa shape index (κ1) is 16.3. The summed E-state index contributed by atoms with van der Waals surface area (Å²) >= 11 is 2.94. The number of aromatic nitrogens is 3. The third-order valence-corrected chi connectivity index (χ3v) is 6.09. The topological polar surface area (TPSA) is 47.8 Å². The number of rotatable bonds is 4. The third-order valence-electron chi connectivity index (χ3n) is 4.33. The zero-order valence-electron chi connectivity index (χ0n) is 14.0. The highest BCUT2D eigenvalue weighted by Gasteiger charge is 2.18. The summed E-state index contributed by atoms with van der Waals surface area (Å²) in [5.74, 6) is 0.233. The van der Waals surface area contributed by atoms with Gasteiger partial charge in [0.25, 0.3) is 5.56 Å². The van der Waals surface area contributed by atoms with Gasteiger partial charge < -0.3 is 0 Å². The van der Waals surface area contributed by atoms with Crippen LogP contribution >= 0.6 is 23.1 Å². The molecule has 0 aliphatic rings. The maximum Gasteiger partial charge on any atom is 0.272 e. The fourth-order valence-corrected chi connectivity index (χ4v) is 4.61. The van der Waals surface area contributed by atoms with Gasteiger partial charge in [0.2, 0.25) is 0 Å². The molecule has 3 aromatic heterocycles. The molecule has 0 aliphatic carbocycles. The van der Waals surface area contributed by atoms with Gasteiger partial charge in [0.1, 0.15) is 9.53 Å². The van der Waals surface area contributed by atoms with E-state index in [1.165, 1.54) is 28.7 Å². The number of nitrogens with zero attached hydrogens (tertiary/aromatic N) is 3. The molecular formula is C19H17N3OS2. The van der Waals surface area contributed by atoms with Crippen molar-refractivity contribution in [3.05, 3.63) is 64.6 Å². The minimum atomic E-state index is 0.0279. The van der Waals surface area contributed by atoms with Crippen LogP contribution in [0.2, 0.25) is 0 Å². The van der Waals surface area contributed by atoms with E-state index in [0.717, 1.165) is 20.9 Å². The second kappa shape index (κ2) is 6.61. The maximum atomic E-state index is 13.1. The van der Waals surface area contributed by atoms with Crippen molar-refractivity contribution in [2.75, 3.05) is 6.26 Å². The highest BCUT2D eigenvalue weighted by Crippen LogP contribution is 2.30. The summed E-state index contributed by atoms with van der Waals surface area (Å²) in [6.45, 7) is 2.76. The Hall–Kier alpha value is -2.18. The van der Waals surface area contributed by atoms with Crippen molar-refractivity contribution in [1.29, 1.82) is 0 Å². The summed E-state index contributed by atoms with van der Waals surface area (Å²) in [5.41, 5.74) is 2.02. The second-order valence-corrected chi connectivity index (χ2v) is 7.73. The highest BCUT2D eigenvalue weighted by molar-refractivity contribution is 7.98. The molecule has 0 fully saturated rings. The Kier molecular flexibility index (Phi) is 4.31. The zero-order chi connectivity index (χ0) is 17.4. The van der Waals surface area contributed by atoms with Gasteiger partial charge in [-0.2, -0.15) is 0 Å². The molecule has 4 nitrogen and oxygen atoms in total. The van der Waals surface area contributed by atoms with E-state index in [-0.39, 0.29) is 11.5 Å². The molecule has 0 saturated heterocycles. The molecule has 0 bridgehead atoms. The van der Waals surface area contributed by atoms with E-state index < -0.39 is 0 Å². The fraction of sp³-hybridized carbons (Fsp3) is 0.211. The van der Waals surface area contributed by atoms with E-state index in [2.05, 4.69) is 24.0 Å². The van der Waals surface area contributed by atoms with Gasteiger partial charge in [-0.15, -0.1) is 11.3 Å². The third kappa shape index (κ3) is 2.85. The van der Waals surface area contributed by atoms with E-state index in [4.69, 9.17) is 4.98 Å². The lowest BCUT2D eigenvalue weighted by molar-refractivity contribution is 0.532. The number of benzene rings is 1. The quantitative estimate of drug-likeness (QED) is 0.393. The van der Waals surface area contributed by atoms with Crippen LogP contribution in [0.1, 0.15) is 18.4 Å². The number of pyridine rings is 1. The van der Waals surface area contributed by atoms with Gasteiger partial charge in [0, 0.05) is 18.1 Å². The smallest absolute Gasteiger partial charge is 0.272 e. The highest BCUT2D eigenvalue weighted by atomic mass is 32.2. The van der Waals surface area contributed by atoms with Crippen LogP contribution in [0.25, 0.3) is 20.4 Å². The lowest BCUT2D eigenvalue weighted by atomic mass is 10.0. The van der Waals surface area contributed by atoms with Crippen LogP contribution in [-0.2, 0) is 6.54 Å². The molecule has 1 aromatic carbocycles. The van der Waals surface area contributed by atoms with Crippen molar-refractivity contribution in [2.45, 2.75) is 24.5 Å². The first-order chi connectivity index (χ1) is 12.2. The van der Waals surface area contributed by atoms with Crippen LogP contribution in [0.15, 0.2) is 58.6 Å². The molecule has 4 rings (SSSR count). The molecule has 0 N–H and O–H groups in total. The Morgan fingerprint density at radius 3 is 2.76 bits per heavy atom. The van der Waals surface area contributed by atoms with Crippen molar-refractivity contribution in [1.82, 2.24) is 14.5 Å². The molecule has 6 heteroatoms. The Balaban J connectivity index is 1.87. The van der Waals surface area contributed by atoms with E-state index in [1.807, 2.05) is 36.6 Å². The van der Waals surface area contributed by atoms with Gasteiger partial charge in [-0.1, -0.05) is 49.0 Å². The zero-order valence-corrected chi connectivity index (χ0v) is 15.6. The van der Waals surface area contributed by atoms with Gasteiger partial charge in [-0.25, -0.2) is 9.97 Å². The molecule has 0 amide bonds. The Morgan fingerprint density at radius 2 is 2.00 bits per heavy atom. The molecule has 0 unspecified atom stereocenters. The molecule has 0 radical (unpaired) electrons. The molecule has 1 atom stereocenters. The minimum Gasteiger partial charge on any atom is -0.286 e. The number of thioether (sulfide) groups is 1. The van der Waals surface area contributed by atoms with Crippen LogP contribution in [0.3, 0.4) is 0 Å².